The van der Waals surface area contributed by atoms with Crippen LogP contribution in [0.5, 0.6) is 0 Å². The molecule has 0 fully saturated rings. The molecular weight excluding hydrogens is 158 g/mol. The molecule has 0 saturated heterocycles. The molecule has 0 heterocycles. The van der Waals surface area contributed by atoms with Crippen LogP contribution in [0.25, 0.3) is 0 Å². The van der Waals surface area contributed by atoms with E-state index in [9.17, 15) is 4.79 Å². The van der Waals surface area contributed by atoms with Crippen LogP contribution in [-0.2, 0) is 4.79 Å². The fraction of sp³-hybridized carbons (Fsp3) is 0.125. The molecule has 0 spiro atoms. The lowest BCUT2D eigenvalue weighted by molar-refractivity contribution is -0.113. The Morgan fingerprint density at radius 2 is 2.18 bits per heavy atom. The third-order valence-corrected chi connectivity index (χ3v) is 1.43. The third-order valence-electron chi connectivity index (χ3n) is 1.15. The quantitative estimate of drug-likeness (QED) is 0.638. The van der Waals surface area contributed by atoms with Gasteiger partial charge >= 0.3 is 0 Å². The summed E-state index contributed by atoms with van der Waals surface area (Å²) in [6.45, 7) is 0. The second kappa shape index (κ2) is 4.03. The molecule has 1 radical (unpaired) electrons. The highest BCUT2D eigenvalue weighted by Crippen LogP contribution is 2.03. The van der Waals surface area contributed by atoms with Gasteiger partial charge in [0.15, 0.2) is 0 Å². The summed E-state index contributed by atoms with van der Waals surface area (Å²) < 4.78 is 0. The maximum absolute atomic E-state index is 10.8. The number of hydrogen-bond acceptors (Lipinski definition) is 2. The largest absolute Gasteiger partial charge is 0.325 e. The van der Waals surface area contributed by atoms with E-state index in [-0.39, 0.29) is 11.7 Å². The summed E-state index contributed by atoms with van der Waals surface area (Å²) >= 11 is 3.83. The van der Waals surface area contributed by atoms with Crippen molar-refractivity contribution in [3.05, 3.63) is 30.3 Å². The molecule has 1 aromatic carbocycles. The Morgan fingerprint density at radius 1 is 1.55 bits per heavy atom. The minimum absolute atomic E-state index is 0.0977. The molecule has 57 valence electrons. The average molecular weight is 166 g/mol. The molecule has 1 N–H and O–H groups in total. The molecule has 1 aromatic rings. The lowest BCUT2D eigenvalue weighted by Gasteiger charge is -2.00. The molecule has 0 saturated carbocycles. The fourth-order valence-corrected chi connectivity index (χ4v) is 0.750. The second-order valence-electron chi connectivity index (χ2n) is 1.99. The number of benzene rings is 1. The summed E-state index contributed by atoms with van der Waals surface area (Å²) in [5, 5.41) is 2.66. The molecule has 1 amide bonds. The number of amides is 1. The van der Waals surface area contributed by atoms with Crippen LogP contribution in [0.2, 0.25) is 0 Å². The van der Waals surface area contributed by atoms with Crippen molar-refractivity contribution in [2.24, 2.45) is 0 Å². The summed E-state index contributed by atoms with van der Waals surface area (Å²) in [7, 11) is 0. The molecule has 11 heavy (non-hydrogen) atoms. The fourth-order valence-electron chi connectivity index (χ4n) is 0.671. The number of carbonyl (C=O) groups excluding carboxylic acids is 1. The Labute approximate surface area is 71.0 Å². The molecule has 0 atom stereocenters. The van der Waals surface area contributed by atoms with Crippen molar-refractivity contribution in [2.75, 3.05) is 11.1 Å². The SMILES string of the molecule is O=C(CS)Nc1cc[c]cc1. The van der Waals surface area contributed by atoms with E-state index in [0.29, 0.717) is 0 Å². The Kier molecular flexibility index (Phi) is 2.98. The normalized spacial score (nSPS) is 9.18. The van der Waals surface area contributed by atoms with Crippen molar-refractivity contribution in [1.29, 1.82) is 0 Å². The zero-order valence-corrected chi connectivity index (χ0v) is 6.77. The van der Waals surface area contributed by atoms with E-state index in [1.807, 2.05) is 0 Å². The number of carbonyl (C=O) groups is 1. The molecule has 0 unspecified atom stereocenters. The molecule has 3 heteroatoms. The average Bonchev–Trinajstić information content (AvgIpc) is 2.06. The first-order valence-corrected chi connectivity index (χ1v) is 3.83. The highest BCUT2D eigenvalue weighted by Gasteiger charge is 1.95. The highest BCUT2D eigenvalue weighted by molar-refractivity contribution is 7.81. The van der Waals surface area contributed by atoms with Crippen molar-refractivity contribution >= 4 is 24.2 Å². The standard InChI is InChI=1S/C8H8NOS/c10-8(6-11)9-7-4-2-1-3-5-7/h2-5,11H,6H2,(H,9,10). The van der Waals surface area contributed by atoms with Crippen LogP contribution in [0.3, 0.4) is 0 Å². The number of thiol groups is 1. The van der Waals surface area contributed by atoms with E-state index in [1.165, 1.54) is 0 Å². The summed E-state index contributed by atoms with van der Waals surface area (Å²) in [6, 6.07) is 9.90. The van der Waals surface area contributed by atoms with Crippen LogP contribution in [0.15, 0.2) is 24.3 Å². The van der Waals surface area contributed by atoms with Crippen molar-refractivity contribution in [2.45, 2.75) is 0 Å². The van der Waals surface area contributed by atoms with Gasteiger partial charge in [0.1, 0.15) is 0 Å². The summed E-state index contributed by atoms with van der Waals surface area (Å²) in [6.07, 6.45) is 0. The van der Waals surface area contributed by atoms with E-state index >= 15 is 0 Å². The smallest absolute Gasteiger partial charge is 0.234 e. The first-order valence-electron chi connectivity index (χ1n) is 3.20. The van der Waals surface area contributed by atoms with Crippen LogP contribution in [0.1, 0.15) is 0 Å². The Hall–Kier alpha value is -0.960. The van der Waals surface area contributed by atoms with Gasteiger partial charge in [-0.15, -0.1) is 0 Å². The zero-order chi connectivity index (χ0) is 8.10. The van der Waals surface area contributed by atoms with E-state index in [0.717, 1.165) is 5.69 Å². The van der Waals surface area contributed by atoms with Gasteiger partial charge in [-0.3, -0.25) is 4.79 Å². The van der Waals surface area contributed by atoms with Crippen LogP contribution < -0.4 is 5.32 Å². The minimum Gasteiger partial charge on any atom is -0.325 e. The first-order chi connectivity index (χ1) is 5.33. The van der Waals surface area contributed by atoms with Crippen LogP contribution in [0, 0.1) is 6.07 Å². The minimum atomic E-state index is -0.0977. The summed E-state index contributed by atoms with van der Waals surface area (Å²) in [5.41, 5.74) is 0.780. The number of nitrogens with one attached hydrogen (secondary N) is 1. The Balaban J connectivity index is 2.58. The number of rotatable bonds is 2. The van der Waals surface area contributed by atoms with Gasteiger partial charge in [-0.2, -0.15) is 12.6 Å². The molecule has 0 aliphatic heterocycles. The topological polar surface area (TPSA) is 29.1 Å². The number of anilines is 1. The number of hydrogen-bond donors (Lipinski definition) is 2. The molecule has 0 aliphatic rings. The van der Waals surface area contributed by atoms with Gasteiger partial charge in [0.2, 0.25) is 5.91 Å². The maximum Gasteiger partial charge on any atom is 0.234 e. The molecular formula is C8H8NOS. The van der Waals surface area contributed by atoms with Gasteiger partial charge in [-0.05, 0) is 18.2 Å². The molecule has 0 bridgehead atoms. The predicted molar refractivity (Wildman–Crippen MR) is 47.8 cm³/mol. The van der Waals surface area contributed by atoms with Gasteiger partial charge in [0.25, 0.3) is 0 Å². The summed E-state index contributed by atoms with van der Waals surface area (Å²) in [4.78, 5) is 10.8. The van der Waals surface area contributed by atoms with E-state index in [1.54, 1.807) is 24.3 Å². The Morgan fingerprint density at radius 3 is 2.73 bits per heavy atom. The van der Waals surface area contributed by atoms with E-state index in [2.05, 4.69) is 24.0 Å². The van der Waals surface area contributed by atoms with Gasteiger partial charge in [0, 0.05) is 5.69 Å². The van der Waals surface area contributed by atoms with Gasteiger partial charge in [-0.1, -0.05) is 12.1 Å². The van der Waals surface area contributed by atoms with E-state index < -0.39 is 0 Å². The maximum atomic E-state index is 10.8. The van der Waals surface area contributed by atoms with Gasteiger partial charge in [0.05, 0.1) is 5.75 Å². The van der Waals surface area contributed by atoms with Gasteiger partial charge < -0.3 is 5.32 Å². The summed E-state index contributed by atoms with van der Waals surface area (Å²) in [5.74, 6) is 0.109. The van der Waals surface area contributed by atoms with Crippen molar-refractivity contribution in [3.8, 4) is 0 Å². The Bertz CT molecular complexity index is 235. The van der Waals surface area contributed by atoms with Crippen LogP contribution >= 0.6 is 12.6 Å². The van der Waals surface area contributed by atoms with Crippen LogP contribution in [-0.4, -0.2) is 11.7 Å². The van der Waals surface area contributed by atoms with Crippen molar-refractivity contribution in [1.82, 2.24) is 0 Å². The monoisotopic (exact) mass is 166 g/mol. The zero-order valence-electron chi connectivity index (χ0n) is 5.87. The first kappa shape index (κ1) is 8.14. The second-order valence-corrected chi connectivity index (χ2v) is 2.31. The van der Waals surface area contributed by atoms with Crippen molar-refractivity contribution in [3.63, 3.8) is 0 Å². The highest BCUT2D eigenvalue weighted by atomic mass is 32.1. The molecule has 0 aromatic heterocycles. The van der Waals surface area contributed by atoms with Crippen LogP contribution in [0.4, 0.5) is 5.69 Å². The molecule has 1 rings (SSSR count). The van der Waals surface area contributed by atoms with Gasteiger partial charge in [-0.25, -0.2) is 0 Å². The van der Waals surface area contributed by atoms with Crippen molar-refractivity contribution < 1.29 is 4.79 Å². The lowest BCUT2D eigenvalue weighted by Crippen LogP contribution is -2.12. The van der Waals surface area contributed by atoms with E-state index in [4.69, 9.17) is 0 Å². The molecule has 2 nitrogen and oxygen atoms in total. The lowest BCUT2D eigenvalue weighted by atomic mass is 10.3. The predicted octanol–water partition coefficient (Wildman–Crippen LogP) is 1.36. The third kappa shape index (κ3) is 2.63. The molecule has 0 aliphatic carbocycles.